The summed E-state index contributed by atoms with van der Waals surface area (Å²) in [6.07, 6.45) is 3.11. The van der Waals surface area contributed by atoms with Crippen molar-refractivity contribution in [3.8, 4) is 5.75 Å². The van der Waals surface area contributed by atoms with Crippen LogP contribution in [0.5, 0.6) is 5.75 Å². The number of likely N-dealkylation sites (N-methyl/N-ethyl adjacent to an activating group) is 1. The van der Waals surface area contributed by atoms with Gasteiger partial charge in [0.05, 0.1) is 24.3 Å². The number of Topliss-reactive ketones (excluding diaryl/α,β-unsaturated/α-hetero) is 1. The third-order valence-corrected chi connectivity index (χ3v) is 4.74. The molecular formula is C21H22FN3O4. The molecule has 2 heterocycles. The van der Waals surface area contributed by atoms with Crippen LogP contribution < -0.4 is 4.74 Å². The summed E-state index contributed by atoms with van der Waals surface area (Å²) in [5.41, 5.74) is 0.458. The summed E-state index contributed by atoms with van der Waals surface area (Å²) in [7, 11) is 5.08. The van der Waals surface area contributed by atoms with E-state index in [-0.39, 0.29) is 23.4 Å². The van der Waals surface area contributed by atoms with Crippen molar-refractivity contribution in [1.82, 2.24) is 14.8 Å². The van der Waals surface area contributed by atoms with Crippen LogP contribution in [0.4, 0.5) is 4.39 Å². The molecule has 1 fully saturated rings. The lowest BCUT2D eigenvalue weighted by Crippen LogP contribution is -2.35. The molecule has 1 saturated heterocycles. The number of aliphatic hydroxyl groups is 1. The molecule has 0 bridgehead atoms. The predicted molar refractivity (Wildman–Crippen MR) is 105 cm³/mol. The molecule has 1 unspecified atom stereocenters. The van der Waals surface area contributed by atoms with E-state index in [0.717, 1.165) is 6.07 Å². The highest BCUT2D eigenvalue weighted by Gasteiger charge is 2.46. The van der Waals surface area contributed by atoms with Crippen LogP contribution in [0.2, 0.25) is 0 Å². The number of pyridine rings is 1. The van der Waals surface area contributed by atoms with E-state index in [0.29, 0.717) is 12.1 Å². The van der Waals surface area contributed by atoms with Gasteiger partial charge in [-0.3, -0.25) is 14.6 Å². The third kappa shape index (κ3) is 3.97. The molecule has 7 nitrogen and oxygen atoms in total. The first kappa shape index (κ1) is 20.5. The largest absolute Gasteiger partial charge is 0.507 e. The molecule has 1 aliphatic heterocycles. The molecule has 2 aromatic rings. The molecule has 3 rings (SSSR count). The van der Waals surface area contributed by atoms with Gasteiger partial charge in [0.25, 0.3) is 11.7 Å². The summed E-state index contributed by atoms with van der Waals surface area (Å²) in [6.45, 7) is 0.793. The number of carbonyl (C=O) groups is 2. The third-order valence-electron chi connectivity index (χ3n) is 4.74. The standard InChI is InChI=1S/C21H22FN3O4/c1-24(2)9-10-25-18(13-5-4-8-23-12-13)17(20(27)21(25)28)19(26)15-11-14(22)6-7-16(15)29-3/h4-8,11-12,18,26H,9-10H2,1-3H3/b19-17+. The van der Waals surface area contributed by atoms with Gasteiger partial charge in [-0.25, -0.2) is 4.39 Å². The van der Waals surface area contributed by atoms with Gasteiger partial charge in [0, 0.05) is 25.5 Å². The first-order valence-corrected chi connectivity index (χ1v) is 9.02. The second-order valence-corrected chi connectivity index (χ2v) is 6.93. The van der Waals surface area contributed by atoms with Crippen LogP contribution in [0.15, 0.2) is 48.3 Å². The Morgan fingerprint density at radius 1 is 1.31 bits per heavy atom. The number of ketones is 1. The molecule has 1 aromatic carbocycles. The zero-order chi connectivity index (χ0) is 21.1. The summed E-state index contributed by atoms with van der Waals surface area (Å²) in [5.74, 6) is -2.46. The van der Waals surface area contributed by atoms with Gasteiger partial charge in [0.1, 0.15) is 17.3 Å². The van der Waals surface area contributed by atoms with Crippen molar-refractivity contribution in [3.63, 3.8) is 0 Å². The van der Waals surface area contributed by atoms with Gasteiger partial charge in [-0.05, 0) is 43.9 Å². The van der Waals surface area contributed by atoms with Gasteiger partial charge in [0.2, 0.25) is 0 Å². The molecule has 0 radical (unpaired) electrons. The first-order chi connectivity index (χ1) is 13.8. The highest BCUT2D eigenvalue weighted by molar-refractivity contribution is 6.46. The zero-order valence-corrected chi connectivity index (χ0v) is 16.4. The molecular weight excluding hydrogens is 377 g/mol. The first-order valence-electron chi connectivity index (χ1n) is 9.02. The number of benzene rings is 1. The van der Waals surface area contributed by atoms with E-state index < -0.39 is 29.3 Å². The van der Waals surface area contributed by atoms with Crippen LogP contribution in [0.1, 0.15) is 17.2 Å². The second-order valence-electron chi connectivity index (χ2n) is 6.93. The number of hydrogen-bond donors (Lipinski definition) is 1. The van der Waals surface area contributed by atoms with E-state index in [2.05, 4.69) is 4.98 Å². The Morgan fingerprint density at radius 3 is 2.69 bits per heavy atom. The van der Waals surface area contributed by atoms with Gasteiger partial charge in [-0.2, -0.15) is 0 Å². The Morgan fingerprint density at radius 2 is 2.07 bits per heavy atom. The van der Waals surface area contributed by atoms with E-state index >= 15 is 0 Å². The zero-order valence-electron chi connectivity index (χ0n) is 16.4. The normalized spacial score (nSPS) is 18.5. The van der Waals surface area contributed by atoms with E-state index in [1.165, 1.54) is 30.3 Å². The van der Waals surface area contributed by atoms with E-state index in [1.54, 1.807) is 18.3 Å². The van der Waals surface area contributed by atoms with Gasteiger partial charge in [0.15, 0.2) is 0 Å². The Kier molecular flexibility index (Phi) is 5.93. The van der Waals surface area contributed by atoms with Crippen LogP contribution in [0, 0.1) is 5.82 Å². The molecule has 0 saturated carbocycles. The van der Waals surface area contributed by atoms with Gasteiger partial charge >= 0.3 is 0 Å². The van der Waals surface area contributed by atoms with E-state index in [4.69, 9.17) is 4.74 Å². The molecule has 0 spiro atoms. The maximum absolute atomic E-state index is 13.8. The summed E-state index contributed by atoms with van der Waals surface area (Å²) in [5, 5.41) is 11.0. The van der Waals surface area contributed by atoms with E-state index in [9.17, 15) is 19.1 Å². The number of aromatic nitrogens is 1. The summed E-state index contributed by atoms with van der Waals surface area (Å²) in [4.78, 5) is 33.0. The molecule has 1 aromatic heterocycles. The average Bonchev–Trinajstić information content (AvgIpc) is 2.97. The molecule has 1 N–H and O–H groups in total. The van der Waals surface area contributed by atoms with Crippen LogP contribution in [-0.4, -0.2) is 65.9 Å². The highest BCUT2D eigenvalue weighted by Crippen LogP contribution is 2.40. The number of aliphatic hydroxyl groups excluding tert-OH is 1. The van der Waals surface area contributed by atoms with Gasteiger partial charge in [-0.1, -0.05) is 6.07 Å². The van der Waals surface area contributed by atoms with Crippen LogP contribution in [0.25, 0.3) is 5.76 Å². The van der Waals surface area contributed by atoms with Crippen molar-refractivity contribution in [2.75, 3.05) is 34.3 Å². The van der Waals surface area contributed by atoms with Gasteiger partial charge < -0.3 is 19.6 Å². The number of likely N-dealkylation sites (tertiary alicyclic amines) is 1. The van der Waals surface area contributed by atoms with Crippen LogP contribution in [-0.2, 0) is 9.59 Å². The molecule has 8 heteroatoms. The van der Waals surface area contributed by atoms with Crippen molar-refractivity contribution >= 4 is 17.4 Å². The van der Waals surface area contributed by atoms with Crippen molar-refractivity contribution < 1.29 is 23.8 Å². The Labute approximate surface area is 168 Å². The lowest BCUT2D eigenvalue weighted by Gasteiger charge is -2.26. The fraction of sp³-hybridized carbons (Fsp3) is 0.286. The highest BCUT2D eigenvalue weighted by atomic mass is 19.1. The topological polar surface area (TPSA) is 83.0 Å². The molecule has 1 amide bonds. The van der Waals surface area contributed by atoms with Crippen molar-refractivity contribution in [2.24, 2.45) is 0 Å². The number of halogens is 1. The molecule has 152 valence electrons. The number of hydrogen-bond acceptors (Lipinski definition) is 6. The Hall–Kier alpha value is -3.26. The maximum Gasteiger partial charge on any atom is 0.295 e. The van der Waals surface area contributed by atoms with Crippen LogP contribution in [0.3, 0.4) is 0 Å². The minimum atomic E-state index is -0.836. The minimum absolute atomic E-state index is 0.00648. The Bertz CT molecular complexity index is 960. The second kappa shape index (κ2) is 8.40. The number of nitrogens with zero attached hydrogens (tertiary/aromatic N) is 3. The smallest absolute Gasteiger partial charge is 0.295 e. The number of amides is 1. The fourth-order valence-electron chi connectivity index (χ4n) is 3.31. The average molecular weight is 399 g/mol. The fourth-order valence-corrected chi connectivity index (χ4v) is 3.31. The number of carbonyl (C=O) groups excluding carboxylic acids is 2. The number of methoxy groups -OCH3 is 1. The minimum Gasteiger partial charge on any atom is -0.507 e. The lowest BCUT2D eigenvalue weighted by atomic mass is 9.96. The Balaban J connectivity index is 2.19. The molecule has 29 heavy (non-hydrogen) atoms. The maximum atomic E-state index is 13.8. The summed E-state index contributed by atoms with van der Waals surface area (Å²) < 4.78 is 19.0. The number of ether oxygens (including phenoxy) is 1. The lowest BCUT2D eigenvalue weighted by molar-refractivity contribution is -0.140. The number of rotatable bonds is 6. The molecule has 0 aliphatic carbocycles. The summed E-state index contributed by atoms with van der Waals surface area (Å²) >= 11 is 0. The van der Waals surface area contributed by atoms with Crippen molar-refractivity contribution in [2.45, 2.75) is 6.04 Å². The SMILES string of the molecule is COc1ccc(F)cc1/C(O)=C1\C(=O)C(=O)N(CCN(C)C)C1c1cccnc1. The van der Waals surface area contributed by atoms with Crippen molar-refractivity contribution in [1.29, 1.82) is 0 Å². The monoisotopic (exact) mass is 399 g/mol. The van der Waals surface area contributed by atoms with E-state index in [1.807, 2.05) is 19.0 Å². The van der Waals surface area contributed by atoms with Gasteiger partial charge in [-0.15, -0.1) is 0 Å². The predicted octanol–water partition coefficient (Wildman–Crippen LogP) is 2.21. The quantitative estimate of drug-likeness (QED) is 0.456. The van der Waals surface area contributed by atoms with Crippen molar-refractivity contribution in [3.05, 3.63) is 65.2 Å². The van der Waals surface area contributed by atoms with Crippen LogP contribution >= 0.6 is 0 Å². The molecule has 1 aliphatic rings. The summed E-state index contributed by atoms with van der Waals surface area (Å²) in [6, 6.07) is 6.18. The molecule has 1 atom stereocenters.